The number of urea groups is 1. The molecule has 2 rings (SSSR count). The lowest BCUT2D eigenvalue weighted by Crippen LogP contribution is -2.52. The molecule has 1 aromatic carbocycles. The van der Waals surface area contributed by atoms with Gasteiger partial charge >= 0.3 is 6.03 Å². The number of ether oxygens (including phenoxy) is 1. The predicted octanol–water partition coefficient (Wildman–Crippen LogP) is 1.13. The van der Waals surface area contributed by atoms with Gasteiger partial charge in [0.25, 0.3) is 0 Å². The summed E-state index contributed by atoms with van der Waals surface area (Å²) in [5, 5.41) is 2.98. The molecule has 0 saturated carbocycles. The zero-order valence-electron chi connectivity index (χ0n) is 15.1. The lowest BCUT2D eigenvalue weighted by molar-refractivity contribution is 0.139. The Balaban J connectivity index is 1.65. The molecule has 134 valence electrons. The van der Waals surface area contributed by atoms with Gasteiger partial charge in [-0.2, -0.15) is 0 Å². The Morgan fingerprint density at radius 1 is 1.17 bits per heavy atom. The molecule has 24 heavy (non-hydrogen) atoms. The van der Waals surface area contributed by atoms with Gasteiger partial charge in [0.1, 0.15) is 5.75 Å². The summed E-state index contributed by atoms with van der Waals surface area (Å²) in [4.78, 5) is 18.5. The Hall–Kier alpha value is -1.79. The topological polar surface area (TPSA) is 48.1 Å². The molecule has 1 fully saturated rings. The second-order valence-electron chi connectivity index (χ2n) is 6.46. The zero-order chi connectivity index (χ0) is 17.4. The summed E-state index contributed by atoms with van der Waals surface area (Å²) in [5.41, 5.74) is 1.32. The third-order valence-corrected chi connectivity index (χ3v) is 4.37. The summed E-state index contributed by atoms with van der Waals surface area (Å²) in [6.07, 6.45) is 1.03. The lowest BCUT2D eigenvalue weighted by atomic mass is 10.1. The molecule has 1 heterocycles. The number of nitrogens with zero attached hydrogens (tertiary/aromatic N) is 3. The molecule has 1 aliphatic heterocycles. The molecule has 0 atom stereocenters. The second kappa shape index (κ2) is 9.49. The van der Waals surface area contributed by atoms with Crippen molar-refractivity contribution in [3.8, 4) is 5.75 Å². The molecule has 0 unspecified atom stereocenters. The Bertz CT molecular complexity index is 496. The van der Waals surface area contributed by atoms with Gasteiger partial charge in [-0.05, 0) is 38.2 Å². The van der Waals surface area contributed by atoms with Crippen molar-refractivity contribution in [3.63, 3.8) is 0 Å². The monoisotopic (exact) mass is 334 g/mol. The van der Waals surface area contributed by atoms with Crippen LogP contribution in [0.15, 0.2) is 24.3 Å². The number of nitrogens with one attached hydrogen (secondary N) is 1. The average molecular weight is 334 g/mol. The summed E-state index contributed by atoms with van der Waals surface area (Å²) < 4.78 is 5.18. The standard InChI is InChI=1S/C18H30N4O2/c1-20(2)11-9-19-18(23)22-14-12-21(13-15-22)10-8-16-4-6-17(24-3)7-5-16/h4-7H,8-15H2,1-3H3,(H,19,23). The Morgan fingerprint density at radius 3 is 2.42 bits per heavy atom. The number of rotatable bonds is 7. The number of methoxy groups -OCH3 is 1. The molecule has 6 nitrogen and oxygen atoms in total. The Labute approximate surface area is 145 Å². The minimum atomic E-state index is 0.0617. The van der Waals surface area contributed by atoms with Gasteiger partial charge in [-0.3, -0.25) is 4.90 Å². The van der Waals surface area contributed by atoms with E-state index in [-0.39, 0.29) is 6.03 Å². The number of carbonyl (C=O) groups excluding carboxylic acids is 1. The van der Waals surface area contributed by atoms with Crippen molar-refractivity contribution in [2.75, 3.05) is 67.0 Å². The van der Waals surface area contributed by atoms with Crippen molar-refractivity contribution >= 4 is 6.03 Å². The van der Waals surface area contributed by atoms with E-state index in [1.54, 1.807) is 7.11 Å². The van der Waals surface area contributed by atoms with Crippen LogP contribution in [-0.4, -0.2) is 87.7 Å². The quantitative estimate of drug-likeness (QED) is 0.812. The minimum Gasteiger partial charge on any atom is -0.497 e. The van der Waals surface area contributed by atoms with E-state index < -0.39 is 0 Å². The van der Waals surface area contributed by atoms with Crippen LogP contribution in [0.25, 0.3) is 0 Å². The Kier molecular flexibility index (Phi) is 7.34. The van der Waals surface area contributed by atoms with Crippen LogP contribution in [0.2, 0.25) is 0 Å². The van der Waals surface area contributed by atoms with E-state index in [0.29, 0.717) is 6.54 Å². The molecule has 6 heteroatoms. The first kappa shape index (κ1) is 18.5. The highest BCUT2D eigenvalue weighted by molar-refractivity contribution is 5.74. The summed E-state index contributed by atoms with van der Waals surface area (Å²) >= 11 is 0. The van der Waals surface area contributed by atoms with Crippen LogP contribution in [0.4, 0.5) is 4.79 Å². The number of piperazine rings is 1. The predicted molar refractivity (Wildman–Crippen MR) is 96.7 cm³/mol. The highest BCUT2D eigenvalue weighted by Gasteiger charge is 2.20. The minimum absolute atomic E-state index is 0.0617. The van der Waals surface area contributed by atoms with Crippen LogP contribution in [-0.2, 0) is 6.42 Å². The SMILES string of the molecule is COc1ccc(CCN2CCN(C(=O)NCCN(C)C)CC2)cc1. The molecule has 0 bridgehead atoms. The van der Waals surface area contributed by atoms with Crippen molar-refractivity contribution in [2.45, 2.75) is 6.42 Å². The third-order valence-electron chi connectivity index (χ3n) is 4.37. The fraction of sp³-hybridized carbons (Fsp3) is 0.611. The van der Waals surface area contributed by atoms with E-state index in [1.807, 2.05) is 31.1 Å². The molecule has 0 aromatic heterocycles. The van der Waals surface area contributed by atoms with E-state index in [9.17, 15) is 4.79 Å². The molecule has 1 aliphatic rings. The van der Waals surface area contributed by atoms with Gasteiger partial charge in [-0.15, -0.1) is 0 Å². The smallest absolute Gasteiger partial charge is 0.317 e. The van der Waals surface area contributed by atoms with E-state index in [4.69, 9.17) is 4.74 Å². The lowest BCUT2D eigenvalue weighted by Gasteiger charge is -2.34. The molecule has 0 spiro atoms. The van der Waals surface area contributed by atoms with Crippen molar-refractivity contribution in [3.05, 3.63) is 29.8 Å². The van der Waals surface area contributed by atoms with Crippen LogP contribution >= 0.6 is 0 Å². The number of benzene rings is 1. The van der Waals surface area contributed by atoms with Crippen LogP contribution in [0.5, 0.6) is 5.75 Å². The maximum absolute atomic E-state index is 12.1. The Morgan fingerprint density at radius 2 is 1.83 bits per heavy atom. The van der Waals surface area contributed by atoms with Gasteiger partial charge < -0.3 is 19.9 Å². The molecule has 0 radical (unpaired) electrons. The molecule has 1 aromatic rings. The number of hydrogen-bond donors (Lipinski definition) is 1. The first-order valence-corrected chi connectivity index (χ1v) is 8.61. The molecule has 2 amide bonds. The summed E-state index contributed by atoms with van der Waals surface area (Å²) in [5.74, 6) is 0.896. The van der Waals surface area contributed by atoms with E-state index in [1.165, 1.54) is 5.56 Å². The number of amides is 2. The highest BCUT2D eigenvalue weighted by Crippen LogP contribution is 2.12. The summed E-state index contributed by atoms with van der Waals surface area (Å²) in [7, 11) is 5.70. The number of likely N-dealkylation sites (N-methyl/N-ethyl adjacent to an activating group) is 1. The second-order valence-corrected chi connectivity index (χ2v) is 6.46. The van der Waals surface area contributed by atoms with Crippen molar-refractivity contribution < 1.29 is 9.53 Å². The average Bonchev–Trinajstić information content (AvgIpc) is 2.60. The third kappa shape index (κ3) is 6.02. The van der Waals surface area contributed by atoms with E-state index in [0.717, 1.165) is 51.4 Å². The molecular formula is C18H30N4O2. The van der Waals surface area contributed by atoms with Gasteiger partial charge in [0.2, 0.25) is 0 Å². The molecule has 1 saturated heterocycles. The fourth-order valence-electron chi connectivity index (χ4n) is 2.75. The van der Waals surface area contributed by atoms with Crippen molar-refractivity contribution in [2.24, 2.45) is 0 Å². The molecular weight excluding hydrogens is 304 g/mol. The van der Waals surface area contributed by atoms with E-state index >= 15 is 0 Å². The van der Waals surface area contributed by atoms with Crippen LogP contribution in [0.3, 0.4) is 0 Å². The molecule has 0 aliphatic carbocycles. The summed E-state index contributed by atoms with van der Waals surface area (Å²) in [6.45, 7) is 6.08. The maximum atomic E-state index is 12.1. The highest BCUT2D eigenvalue weighted by atomic mass is 16.5. The first-order chi connectivity index (χ1) is 11.6. The van der Waals surface area contributed by atoms with Gasteiger partial charge in [-0.1, -0.05) is 12.1 Å². The fourth-order valence-corrected chi connectivity index (χ4v) is 2.75. The summed E-state index contributed by atoms with van der Waals surface area (Å²) in [6, 6.07) is 8.31. The normalized spacial score (nSPS) is 15.6. The van der Waals surface area contributed by atoms with Crippen LogP contribution in [0.1, 0.15) is 5.56 Å². The van der Waals surface area contributed by atoms with E-state index in [2.05, 4.69) is 27.2 Å². The van der Waals surface area contributed by atoms with Crippen molar-refractivity contribution in [1.29, 1.82) is 0 Å². The first-order valence-electron chi connectivity index (χ1n) is 8.61. The zero-order valence-corrected chi connectivity index (χ0v) is 15.1. The number of hydrogen-bond acceptors (Lipinski definition) is 4. The van der Waals surface area contributed by atoms with Crippen LogP contribution < -0.4 is 10.1 Å². The van der Waals surface area contributed by atoms with Gasteiger partial charge in [-0.25, -0.2) is 4.79 Å². The van der Waals surface area contributed by atoms with Crippen LogP contribution in [0, 0.1) is 0 Å². The largest absolute Gasteiger partial charge is 0.497 e. The van der Waals surface area contributed by atoms with Crippen molar-refractivity contribution in [1.82, 2.24) is 20.0 Å². The number of carbonyl (C=O) groups is 1. The maximum Gasteiger partial charge on any atom is 0.317 e. The molecule has 1 N–H and O–H groups in total. The van der Waals surface area contributed by atoms with Gasteiger partial charge in [0.05, 0.1) is 7.11 Å². The van der Waals surface area contributed by atoms with Gasteiger partial charge in [0, 0.05) is 45.8 Å². The van der Waals surface area contributed by atoms with Gasteiger partial charge in [0.15, 0.2) is 0 Å².